The fourth-order valence-electron chi connectivity index (χ4n) is 2.73. The van der Waals surface area contributed by atoms with E-state index in [9.17, 15) is 9.90 Å². The van der Waals surface area contributed by atoms with E-state index in [0.29, 0.717) is 11.3 Å². The number of carbonyl (C=O) groups excluding carboxylic acids is 1. The monoisotopic (exact) mass is 264 g/mol. The van der Waals surface area contributed by atoms with Crippen LogP contribution in [0.25, 0.3) is 0 Å². The summed E-state index contributed by atoms with van der Waals surface area (Å²) in [6, 6.07) is 5.26. The highest BCUT2D eigenvalue weighted by Crippen LogP contribution is 2.37. The molecule has 1 aliphatic rings. The van der Waals surface area contributed by atoms with Gasteiger partial charge in [-0.25, -0.2) is 0 Å². The molecule has 0 spiro atoms. The molecule has 0 aliphatic carbocycles. The Morgan fingerprint density at radius 1 is 1.58 bits per heavy atom. The Kier molecular flexibility index (Phi) is 3.95. The van der Waals surface area contributed by atoms with Gasteiger partial charge in [0.2, 0.25) is 5.91 Å². The highest BCUT2D eigenvalue weighted by atomic mass is 16.5. The van der Waals surface area contributed by atoms with Gasteiger partial charge >= 0.3 is 0 Å². The molecule has 3 N–H and O–H groups in total. The maximum atomic E-state index is 11.5. The first-order valence-corrected chi connectivity index (χ1v) is 6.47. The van der Waals surface area contributed by atoms with Crippen molar-refractivity contribution in [1.29, 1.82) is 0 Å². The van der Waals surface area contributed by atoms with E-state index in [2.05, 4.69) is 0 Å². The molecule has 1 aromatic rings. The molecular weight excluding hydrogens is 244 g/mol. The Hall–Kier alpha value is -1.75. The average molecular weight is 264 g/mol. The van der Waals surface area contributed by atoms with E-state index in [0.717, 1.165) is 25.1 Å². The van der Waals surface area contributed by atoms with Gasteiger partial charge in [-0.1, -0.05) is 6.07 Å². The molecule has 1 fully saturated rings. The number of aliphatic hydroxyl groups excluding tert-OH is 1. The third kappa shape index (κ3) is 2.51. The molecule has 1 heterocycles. The molecule has 5 nitrogen and oxygen atoms in total. The lowest BCUT2D eigenvalue weighted by molar-refractivity contribution is -0.119. The number of rotatable bonds is 4. The summed E-state index contributed by atoms with van der Waals surface area (Å²) in [5.41, 5.74) is 6.98. The molecule has 0 saturated carbocycles. The molecule has 1 aromatic carbocycles. The number of carbonyl (C=O) groups is 1. The predicted octanol–water partition coefficient (Wildman–Crippen LogP) is 1.20. The SMILES string of the molecule is COc1cccc(N2CCCC2C(N)=O)c1[C@@H](C)O. The van der Waals surface area contributed by atoms with E-state index in [4.69, 9.17) is 10.5 Å². The lowest BCUT2D eigenvalue weighted by Gasteiger charge is -2.28. The summed E-state index contributed by atoms with van der Waals surface area (Å²) >= 11 is 0. The van der Waals surface area contributed by atoms with Crippen LogP contribution >= 0.6 is 0 Å². The maximum absolute atomic E-state index is 11.5. The number of methoxy groups -OCH3 is 1. The van der Waals surface area contributed by atoms with Crippen LogP contribution in [0.3, 0.4) is 0 Å². The van der Waals surface area contributed by atoms with Crippen molar-refractivity contribution in [2.75, 3.05) is 18.6 Å². The Morgan fingerprint density at radius 2 is 2.32 bits per heavy atom. The summed E-state index contributed by atoms with van der Waals surface area (Å²) in [5, 5.41) is 9.98. The Labute approximate surface area is 113 Å². The number of amides is 1. The van der Waals surface area contributed by atoms with Gasteiger partial charge in [-0.2, -0.15) is 0 Å². The highest BCUT2D eigenvalue weighted by Gasteiger charge is 2.31. The first-order valence-electron chi connectivity index (χ1n) is 6.47. The molecule has 19 heavy (non-hydrogen) atoms. The van der Waals surface area contributed by atoms with Crippen LogP contribution in [0, 0.1) is 0 Å². The molecule has 1 amide bonds. The number of ether oxygens (including phenoxy) is 1. The molecule has 1 unspecified atom stereocenters. The Morgan fingerprint density at radius 3 is 2.89 bits per heavy atom. The van der Waals surface area contributed by atoms with Crippen molar-refractivity contribution in [3.05, 3.63) is 23.8 Å². The smallest absolute Gasteiger partial charge is 0.240 e. The van der Waals surface area contributed by atoms with Crippen LogP contribution in [0.15, 0.2) is 18.2 Å². The topological polar surface area (TPSA) is 75.8 Å². The van der Waals surface area contributed by atoms with Gasteiger partial charge in [0.05, 0.1) is 13.2 Å². The quantitative estimate of drug-likeness (QED) is 0.857. The normalized spacial score (nSPS) is 20.4. The summed E-state index contributed by atoms with van der Waals surface area (Å²) in [5.74, 6) is 0.305. The van der Waals surface area contributed by atoms with Crippen molar-refractivity contribution >= 4 is 11.6 Å². The molecule has 1 saturated heterocycles. The second-order valence-corrected chi connectivity index (χ2v) is 4.82. The molecule has 5 heteroatoms. The van der Waals surface area contributed by atoms with Gasteiger partial charge in [0.25, 0.3) is 0 Å². The number of hydrogen-bond donors (Lipinski definition) is 2. The third-order valence-electron chi connectivity index (χ3n) is 3.57. The van der Waals surface area contributed by atoms with E-state index in [1.54, 1.807) is 20.1 Å². The summed E-state index contributed by atoms with van der Waals surface area (Å²) in [4.78, 5) is 13.5. The Balaban J connectivity index is 2.46. The second-order valence-electron chi connectivity index (χ2n) is 4.82. The fourth-order valence-corrected chi connectivity index (χ4v) is 2.73. The number of benzene rings is 1. The van der Waals surface area contributed by atoms with Gasteiger partial charge in [0.1, 0.15) is 11.8 Å². The zero-order valence-electron chi connectivity index (χ0n) is 11.3. The van der Waals surface area contributed by atoms with Crippen molar-refractivity contribution in [2.45, 2.75) is 31.9 Å². The first-order chi connectivity index (χ1) is 9.06. The zero-order chi connectivity index (χ0) is 14.0. The number of anilines is 1. The number of hydrogen-bond acceptors (Lipinski definition) is 4. The van der Waals surface area contributed by atoms with E-state index in [1.807, 2.05) is 17.0 Å². The molecular formula is C14H20N2O3. The third-order valence-corrected chi connectivity index (χ3v) is 3.57. The summed E-state index contributed by atoms with van der Waals surface area (Å²) < 4.78 is 5.30. The van der Waals surface area contributed by atoms with E-state index >= 15 is 0 Å². The van der Waals surface area contributed by atoms with Crippen molar-refractivity contribution in [3.8, 4) is 5.75 Å². The second kappa shape index (κ2) is 5.48. The number of aliphatic hydroxyl groups is 1. The summed E-state index contributed by atoms with van der Waals surface area (Å²) in [6.45, 7) is 2.46. The minimum atomic E-state index is -0.666. The van der Waals surface area contributed by atoms with Crippen LogP contribution in [-0.2, 0) is 4.79 Å². The van der Waals surface area contributed by atoms with Crippen LogP contribution in [0.1, 0.15) is 31.4 Å². The minimum Gasteiger partial charge on any atom is -0.496 e. The molecule has 1 aliphatic heterocycles. The lowest BCUT2D eigenvalue weighted by Crippen LogP contribution is -2.40. The van der Waals surface area contributed by atoms with Crippen LogP contribution in [-0.4, -0.2) is 30.7 Å². The van der Waals surface area contributed by atoms with Crippen molar-refractivity contribution < 1.29 is 14.6 Å². The summed E-state index contributed by atoms with van der Waals surface area (Å²) in [6.07, 6.45) is 1.01. The van der Waals surface area contributed by atoms with Crippen LogP contribution in [0.4, 0.5) is 5.69 Å². The van der Waals surface area contributed by atoms with E-state index in [1.165, 1.54) is 0 Å². The van der Waals surface area contributed by atoms with Gasteiger partial charge in [-0.05, 0) is 31.9 Å². The van der Waals surface area contributed by atoms with Crippen molar-refractivity contribution in [2.24, 2.45) is 5.73 Å². The number of primary amides is 1. The zero-order valence-corrected chi connectivity index (χ0v) is 11.3. The van der Waals surface area contributed by atoms with Gasteiger partial charge < -0.3 is 20.5 Å². The van der Waals surface area contributed by atoms with Gasteiger partial charge in [0, 0.05) is 17.8 Å². The van der Waals surface area contributed by atoms with Crippen LogP contribution < -0.4 is 15.4 Å². The highest BCUT2D eigenvalue weighted by molar-refractivity contribution is 5.85. The number of nitrogens with two attached hydrogens (primary N) is 1. The Bertz CT molecular complexity index is 474. The maximum Gasteiger partial charge on any atom is 0.240 e. The van der Waals surface area contributed by atoms with Crippen molar-refractivity contribution in [1.82, 2.24) is 0 Å². The molecule has 2 atom stereocenters. The van der Waals surface area contributed by atoms with Crippen molar-refractivity contribution in [3.63, 3.8) is 0 Å². The fraction of sp³-hybridized carbons (Fsp3) is 0.500. The molecule has 104 valence electrons. The van der Waals surface area contributed by atoms with Gasteiger partial charge in [-0.3, -0.25) is 4.79 Å². The van der Waals surface area contributed by atoms with Crippen LogP contribution in [0.2, 0.25) is 0 Å². The first kappa shape index (κ1) is 13.7. The molecule has 2 rings (SSSR count). The summed E-state index contributed by atoms with van der Waals surface area (Å²) in [7, 11) is 1.57. The molecule has 0 bridgehead atoms. The standard InChI is InChI=1S/C14H20N2O3/c1-9(17)13-10(5-3-7-12(13)19-2)16-8-4-6-11(16)14(15)18/h3,5,7,9,11,17H,4,6,8H2,1-2H3,(H2,15,18)/t9-,11?/m1/s1. The molecule has 0 radical (unpaired) electrons. The largest absolute Gasteiger partial charge is 0.496 e. The number of nitrogens with zero attached hydrogens (tertiary/aromatic N) is 1. The van der Waals surface area contributed by atoms with Gasteiger partial charge in [0.15, 0.2) is 0 Å². The average Bonchev–Trinajstić information content (AvgIpc) is 2.86. The van der Waals surface area contributed by atoms with E-state index in [-0.39, 0.29) is 11.9 Å². The minimum absolute atomic E-state index is 0.301. The van der Waals surface area contributed by atoms with E-state index < -0.39 is 6.10 Å². The molecule has 0 aromatic heterocycles. The van der Waals surface area contributed by atoms with Gasteiger partial charge in [-0.15, -0.1) is 0 Å². The van der Waals surface area contributed by atoms with Crippen LogP contribution in [0.5, 0.6) is 5.75 Å². The lowest BCUT2D eigenvalue weighted by atomic mass is 10.0. The predicted molar refractivity (Wildman–Crippen MR) is 73.2 cm³/mol.